The molecule has 2 rings (SSSR count). The molecule has 0 radical (unpaired) electrons. The minimum Gasteiger partial charge on any atom is -0.329 e. The molecule has 0 saturated carbocycles. The first-order valence-electron chi connectivity index (χ1n) is 7.48. The molecule has 1 aliphatic rings. The van der Waals surface area contributed by atoms with E-state index in [0.717, 1.165) is 24.1 Å². The number of hydrogen-bond donors (Lipinski definition) is 1. The molecule has 1 aromatic rings. The van der Waals surface area contributed by atoms with Crippen LogP contribution < -0.4 is 5.73 Å². The average molecular weight is 340 g/mol. The topological polar surface area (TPSA) is 32.5 Å². The molecule has 0 aliphatic carbocycles. The molecule has 1 saturated heterocycles. The second kappa shape index (κ2) is 7.03. The zero-order chi connectivity index (χ0) is 14.6. The van der Waals surface area contributed by atoms with Crippen molar-refractivity contribution in [2.45, 2.75) is 31.8 Å². The standard InChI is InChI=1S/C16H26BrN3/c1-3-20-10-8-16(13-18,9-11-20)19(2)12-14-4-6-15(17)7-5-14/h4-7H,3,8-13,18H2,1-2H3. The van der Waals surface area contributed by atoms with E-state index in [2.05, 4.69) is 64.0 Å². The van der Waals surface area contributed by atoms with E-state index >= 15 is 0 Å². The summed E-state index contributed by atoms with van der Waals surface area (Å²) in [4.78, 5) is 4.98. The maximum Gasteiger partial charge on any atom is 0.0356 e. The van der Waals surface area contributed by atoms with Crippen LogP contribution in [0.25, 0.3) is 0 Å². The quantitative estimate of drug-likeness (QED) is 0.895. The first-order chi connectivity index (χ1) is 9.59. The second-order valence-corrected chi connectivity index (χ2v) is 6.76. The lowest BCUT2D eigenvalue weighted by Crippen LogP contribution is -2.57. The van der Waals surface area contributed by atoms with Crippen molar-refractivity contribution in [2.75, 3.05) is 33.2 Å². The molecule has 1 heterocycles. The molecule has 112 valence electrons. The van der Waals surface area contributed by atoms with Gasteiger partial charge in [0.15, 0.2) is 0 Å². The van der Waals surface area contributed by atoms with Crippen LogP contribution in [0.1, 0.15) is 25.3 Å². The molecule has 0 unspecified atom stereocenters. The van der Waals surface area contributed by atoms with Gasteiger partial charge in [-0.25, -0.2) is 0 Å². The van der Waals surface area contributed by atoms with Crippen LogP contribution >= 0.6 is 15.9 Å². The molecule has 0 amide bonds. The van der Waals surface area contributed by atoms with Crippen LogP contribution in [-0.4, -0.2) is 48.6 Å². The number of piperidine rings is 1. The Hall–Kier alpha value is -0.420. The molecule has 4 heteroatoms. The van der Waals surface area contributed by atoms with Crippen molar-refractivity contribution in [1.82, 2.24) is 9.80 Å². The summed E-state index contributed by atoms with van der Waals surface area (Å²) in [6.45, 7) is 7.43. The number of benzene rings is 1. The SMILES string of the molecule is CCN1CCC(CN)(N(C)Cc2ccc(Br)cc2)CC1. The maximum atomic E-state index is 6.14. The third-order valence-corrected chi connectivity index (χ3v) is 5.29. The van der Waals surface area contributed by atoms with Crippen molar-refractivity contribution in [3.8, 4) is 0 Å². The highest BCUT2D eigenvalue weighted by Crippen LogP contribution is 2.28. The van der Waals surface area contributed by atoms with Crippen LogP contribution in [0.15, 0.2) is 28.7 Å². The number of halogens is 1. The van der Waals surface area contributed by atoms with Crippen molar-refractivity contribution in [3.63, 3.8) is 0 Å². The number of likely N-dealkylation sites (tertiary alicyclic amines) is 1. The smallest absolute Gasteiger partial charge is 0.0356 e. The predicted octanol–water partition coefficient (Wildman–Crippen LogP) is 2.69. The zero-order valence-corrected chi connectivity index (χ0v) is 14.2. The van der Waals surface area contributed by atoms with Crippen molar-refractivity contribution in [1.29, 1.82) is 0 Å². The summed E-state index contributed by atoms with van der Waals surface area (Å²) in [6.07, 6.45) is 2.34. The molecule has 0 bridgehead atoms. The van der Waals surface area contributed by atoms with E-state index < -0.39 is 0 Å². The van der Waals surface area contributed by atoms with Gasteiger partial charge in [0, 0.05) is 23.1 Å². The van der Waals surface area contributed by atoms with Crippen LogP contribution in [0.5, 0.6) is 0 Å². The fraction of sp³-hybridized carbons (Fsp3) is 0.625. The van der Waals surface area contributed by atoms with Crippen LogP contribution in [0.3, 0.4) is 0 Å². The van der Waals surface area contributed by atoms with Gasteiger partial charge in [0.1, 0.15) is 0 Å². The van der Waals surface area contributed by atoms with Crippen LogP contribution in [-0.2, 0) is 6.54 Å². The Morgan fingerprint density at radius 2 is 1.85 bits per heavy atom. The third-order valence-electron chi connectivity index (χ3n) is 4.76. The Morgan fingerprint density at radius 3 is 2.35 bits per heavy atom. The Balaban J connectivity index is 2.02. The molecule has 1 aliphatic heterocycles. The molecule has 20 heavy (non-hydrogen) atoms. The highest BCUT2D eigenvalue weighted by atomic mass is 79.9. The number of nitrogens with two attached hydrogens (primary N) is 1. The maximum absolute atomic E-state index is 6.14. The predicted molar refractivity (Wildman–Crippen MR) is 88.7 cm³/mol. The molecule has 2 N–H and O–H groups in total. The molecule has 0 spiro atoms. The molecule has 0 atom stereocenters. The monoisotopic (exact) mass is 339 g/mol. The van der Waals surface area contributed by atoms with Crippen molar-refractivity contribution in [3.05, 3.63) is 34.3 Å². The van der Waals surface area contributed by atoms with E-state index in [9.17, 15) is 0 Å². The third kappa shape index (κ3) is 3.61. The van der Waals surface area contributed by atoms with Crippen molar-refractivity contribution >= 4 is 15.9 Å². The van der Waals surface area contributed by atoms with Crippen LogP contribution in [0.2, 0.25) is 0 Å². The summed E-state index contributed by atoms with van der Waals surface area (Å²) >= 11 is 3.49. The lowest BCUT2D eigenvalue weighted by molar-refractivity contribution is 0.0419. The normalized spacial score (nSPS) is 19.4. The number of hydrogen-bond acceptors (Lipinski definition) is 3. The first kappa shape index (κ1) is 16.0. The van der Waals surface area contributed by atoms with Crippen LogP contribution in [0.4, 0.5) is 0 Å². The van der Waals surface area contributed by atoms with Gasteiger partial charge in [-0.1, -0.05) is 35.0 Å². The minimum absolute atomic E-state index is 0.165. The summed E-state index contributed by atoms with van der Waals surface area (Å²) < 4.78 is 1.13. The second-order valence-electron chi connectivity index (χ2n) is 5.85. The molecule has 0 aromatic heterocycles. The largest absolute Gasteiger partial charge is 0.329 e. The van der Waals surface area contributed by atoms with Gasteiger partial charge in [-0.2, -0.15) is 0 Å². The molecule has 1 fully saturated rings. The van der Waals surface area contributed by atoms with Gasteiger partial charge in [0.05, 0.1) is 0 Å². The number of nitrogens with zero attached hydrogens (tertiary/aromatic N) is 2. The van der Waals surface area contributed by atoms with Gasteiger partial charge >= 0.3 is 0 Å². The Kier molecular flexibility index (Phi) is 5.61. The molecular weight excluding hydrogens is 314 g/mol. The summed E-state index contributed by atoms with van der Waals surface area (Å²) in [5, 5.41) is 0. The fourth-order valence-corrected chi connectivity index (χ4v) is 3.32. The molecular formula is C16H26BrN3. The van der Waals surface area contributed by atoms with Gasteiger partial charge in [0.2, 0.25) is 0 Å². The van der Waals surface area contributed by atoms with Crippen LogP contribution in [0, 0.1) is 0 Å². The van der Waals surface area contributed by atoms with Gasteiger partial charge in [-0.05, 0) is 57.2 Å². The summed E-state index contributed by atoms with van der Waals surface area (Å²) in [5.41, 5.74) is 7.65. The lowest BCUT2D eigenvalue weighted by atomic mass is 9.85. The van der Waals surface area contributed by atoms with E-state index in [0.29, 0.717) is 0 Å². The Labute approximate surface area is 131 Å². The van der Waals surface area contributed by atoms with Gasteiger partial charge in [-0.3, -0.25) is 4.90 Å². The number of likely N-dealkylation sites (N-methyl/N-ethyl adjacent to an activating group) is 1. The average Bonchev–Trinajstić information content (AvgIpc) is 2.49. The highest BCUT2D eigenvalue weighted by molar-refractivity contribution is 9.10. The van der Waals surface area contributed by atoms with E-state index in [1.807, 2.05) is 0 Å². The number of rotatable bonds is 5. The Morgan fingerprint density at radius 1 is 1.25 bits per heavy atom. The van der Waals surface area contributed by atoms with Gasteiger partial charge in [0.25, 0.3) is 0 Å². The van der Waals surface area contributed by atoms with Crippen molar-refractivity contribution < 1.29 is 0 Å². The van der Waals surface area contributed by atoms with Crippen molar-refractivity contribution in [2.24, 2.45) is 5.73 Å². The van der Waals surface area contributed by atoms with E-state index in [4.69, 9.17) is 5.73 Å². The zero-order valence-electron chi connectivity index (χ0n) is 12.6. The molecule has 3 nitrogen and oxygen atoms in total. The fourth-order valence-electron chi connectivity index (χ4n) is 3.06. The van der Waals surface area contributed by atoms with Gasteiger partial charge < -0.3 is 10.6 Å². The van der Waals surface area contributed by atoms with E-state index in [-0.39, 0.29) is 5.54 Å². The highest BCUT2D eigenvalue weighted by Gasteiger charge is 2.36. The minimum atomic E-state index is 0.165. The van der Waals surface area contributed by atoms with E-state index in [1.54, 1.807) is 0 Å². The van der Waals surface area contributed by atoms with E-state index in [1.165, 1.54) is 31.5 Å². The summed E-state index contributed by atoms with van der Waals surface area (Å²) in [6, 6.07) is 8.59. The van der Waals surface area contributed by atoms with Gasteiger partial charge in [-0.15, -0.1) is 0 Å². The molecule has 1 aromatic carbocycles. The summed E-state index contributed by atoms with van der Waals surface area (Å²) in [7, 11) is 2.22. The first-order valence-corrected chi connectivity index (χ1v) is 8.27. The Bertz CT molecular complexity index is 410. The lowest BCUT2D eigenvalue weighted by Gasteiger charge is -2.47. The summed E-state index contributed by atoms with van der Waals surface area (Å²) in [5.74, 6) is 0.